The first-order valence-corrected chi connectivity index (χ1v) is 11.1. The maximum absolute atomic E-state index is 12.3. The van der Waals surface area contributed by atoms with Gasteiger partial charge in [0.15, 0.2) is 6.29 Å². The van der Waals surface area contributed by atoms with E-state index in [1.54, 1.807) is 0 Å². The molecule has 0 spiro atoms. The molecule has 0 unspecified atom stereocenters. The summed E-state index contributed by atoms with van der Waals surface area (Å²) >= 11 is 0.920. The van der Waals surface area contributed by atoms with Crippen LogP contribution in [0.4, 0.5) is 29.5 Å². The van der Waals surface area contributed by atoms with Gasteiger partial charge < -0.3 is 20.7 Å². The Hall–Kier alpha value is -3.34. The Morgan fingerprint density at radius 2 is 1.91 bits per heavy atom. The Morgan fingerprint density at radius 3 is 2.55 bits per heavy atom. The number of carbonyl (C=O) groups is 1. The molecule has 1 saturated heterocycles. The van der Waals surface area contributed by atoms with Crippen molar-refractivity contribution in [1.29, 1.82) is 0 Å². The minimum atomic E-state index is -4.80. The van der Waals surface area contributed by atoms with Crippen molar-refractivity contribution in [2.24, 2.45) is 0 Å². The van der Waals surface area contributed by atoms with Crippen LogP contribution in [0.25, 0.3) is 10.6 Å². The lowest BCUT2D eigenvalue weighted by molar-refractivity contribution is -0.274. The average Bonchev–Trinajstić information content (AvgIpc) is 3.19. The summed E-state index contributed by atoms with van der Waals surface area (Å²) in [5.74, 6) is -0.388. The Bertz CT molecular complexity index is 1070. The monoisotopic (exact) mass is 479 g/mol. The highest BCUT2D eigenvalue weighted by Crippen LogP contribution is 2.37. The lowest BCUT2D eigenvalue weighted by Gasteiger charge is -2.30. The zero-order valence-electron chi connectivity index (χ0n) is 17.9. The SMILES string of the molecule is CNc1cnccc1N1CCCCC1.Nc1sc(-c2ccccc2OC(F)(F)F)nc1C=O. The van der Waals surface area contributed by atoms with Gasteiger partial charge in [0.1, 0.15) is 21.5 Å². The number of nitrogens with zero attached hydrogens (tertiary/aromatic N) is 3. The number of thiazole rings is 1. The average molecular weight is 480 g/mol. The quantitative estimate of drug-likeness (QED) is 0.485. The van der Waals surface area contributed by atoms with Crippen molar-refractivity contribution in [2.75, 3.05) is 36.1 Å². The van der Waals surface area contributed by atoms with Crippen LogP contribution < -0.4 is 20.7 Å². The van der Waals surface area contributed by atoms with Gasteiger partial charge in [-0.15, -0.1) is 13.2 Å². The van der Waals surface area contributed by atoms with E-state index in [4.69, 9.17) is 5.73 Å². The molecule has 7 nitrogen and oxygen atoms in total. The van der Waals surface area contributed by atoms with E-state index in [2.05, 4.69) is 31.0 Å². The Morgan fingerprint density at radius 1 is 1.18 bits per heavy atom. The number of hydrogen-bond acceptors (Lipinski definition) is 8. The normalized spacial score (nSPS) is 13.6. The van der Waals surface area contributed by atoms with Crippen molar-refractivity contribution in [3.05, 3.63) is 48.4 Å². The number of nitrogens with one attached hydrogen (secondary N) is 1. The molecule has 1 fully saturated rings. The predicted octanol–water partition coefficient (Wildman–Crippen LogP) is 5.22. The van der Waals surface area contributed by atoms with E-state index in [1.165, 1.54) is 62.3 Å². The van der Waals surface area contributed by atoms with Gasteiger partial charge in [-0.05, 0) is 37.5 Å². The third kappa shape index (κ3) is 6.58. The highest BCUT2D eigenvalue weighted by atomic mass is 32.1. The fourth-order valence-corrected chi connectivity index (χ4v) is 4.22. The Kier molecular flexibility index (Phi) is 8.10. The number of para-hydroxylation sites is 1. The highest BCUT2D eigenvalue weighted by Gasteiger charge is 2.32. The van der Waals surface area contributed by atoms with E-state index in [9.17, 15) is 18.0 Å². The summed E-state index contributed by atoms with van der Waals surface area (Å²) in [4.78, 5) is 21.1. The highest BCUT2D eigenvalue weighted by molar-refractivity contribution is 7.19. The molecule has 33 heavy (non-hydrogen) atoms. The minimum absolute atomic E-state index is 0.00168. The number of aldehydes is 1. The lowest BCUT2D eigenvalue weighted by Crippen LogP contribution is -2.29. The van der Waals surface area contributed by atoms with E-state index < -0.39 is 6.36 Å². The van der Waals surface area contributed by atoms with Crippen molar-refractivity contribution in [3.8, 4) is 16.3 Å². The largest absolute Gasteiger partial charge is 0.573 e. The van der Waals surface area contributed by atoms with Crippen LogP contribution in [0, 0.1) is 0 Å². The standard InChI is InChI=1S/C11H7F3N2O2S.C11H17N3/c12-11(13,14)18-8-4-2-1-3-6(8)10-16-7(5-17)9(15)19-10;1-12-10-9-13-6-5-11(10)14-7-3-2-4-8-14/h1-5H,15H2;5-6,9,12H,2-4,7-8H2,1H3. The van der Waals surface area contributed by atoms with Gasteiger partial charge in [-0.2, -0.15) is 0 Å². The van der Waals surface area contributed by atoms with Gasteiger partial charge in [0.05, 0.1) is 23.1 Å². The molecule has 1 aromatic carbocycles. The van der Waals surface area contributed by atoms with Gasteiger partial charge in [-0.25, -0.2) is 4.98 Å². The van der Waals surface area contributed by atoms with Crippen LogP contribution in [0.3, 0.4) is 0 Å². The molecular formula is C22H24F3N5O2S. The molecule has 1 aliphatic heterocycles. The first-order valence-electron chi connectivity index (χ1n) is 10.3. The Labute approximate surface area is 193 Å². The van der Waals surface area contributed by atoms with Crippen molar-refractivity contribution in [3.63, 3.8) is 0 Å². The number of aromatic nitrogens is 2. The molecule has 3 heterocycles. The maximum Gasteiger partial charge on any atom is 0.573 e. The first kappa shape index (κ1) is 24.3. The van der Waals surface area contributed by atoms with E-state index in [-0.39, 0.29) is 27.0 Å². The molecule has 3 aromatic rings. The number of pyridine rings is 1. The van der Waals surface area contributed by atoms with E-state index in [0.717, 1.165) is 17.0 Å². The molecule has 2 aromatic heterocycles. The van der Waals surface area contributed by atoms with Crippen LogP contribution >= 0.6 is 11.3 Å². The Balaban J connectivity index is 0.000000194. The van der Waals surface area contributed by atoms with Crippen LogP contribution in [0.5, 0.6) is 5.75 Å². The second-order valence-corrected chi connectivity index (χ2v) is 8.15. The predicted molar refractivity (Wildman–Crippen MR) is 124 cm³/mol. The summed E-state index contributed by atoms with van der Waals surface area (Å²) < 4.78 is 40.7. The molecule has 1 aliphatic rings. The molecule has 11 heteroatoms. The first-order chi connectivity index (χ1) is 15.8. The second kappa shape index (κ2) is 11.0. The molecule has 0 bridgehead atoms. The van der Waals surface area contributed by atoms with Crippen molar-refractivity contribution < 1.29 is 22.7 Å². The van der Waals surface area contributed by atoms with Gasteiger partial charge in [0, 0.05) is 26.3 Å². The summed E-state index contributed by atoms with van der Waals surface area (Å²) in [6.45, 7) is 2.36. The maximum atomic E-state index is 12.3. The summed E-state index contributed by atoms with van der Waals surface area (Å²) in [6.07, 6.45) is 3.40. The summed E-state index contributed by atoms with van der Waals surface area (Å²) in [5.41, 5.74) is 8.09. The number of hydrogen-bond donors (Lipinski definition) is 2. The van der Waals surface area contributed by atoms with Crippen LogP contribution in [0.15, 0.2) is 42.7 Å². The van der Waals surface area contributed by atoms with E-state index >= 15 is 0 Å². The number of nitrogen functional groups attached to an aromatic ring is 1. The fraction of sp³-hybridized carbons (Fsp3) is 0.318. The number of alkyl halides is 3. The van der Waals surface area contributed by atoms with Crippen LogP contribution in [0.1, 0.15) is 29.8 Å². The molecule has 0 aliphatic carbocycles. The number of carbonyl (C=O) groups excluding carboxylic acids is 1. The molecule has 0 radical (unpaired) electrons. The number of rotatable bonds is 5. The molecule has 176 valence electrons. The number of ether oxygens (including phenoxy) is 1. The number of anilines is 3. The number of piperidine rings is 1. The summed E-state index contributed by atoms with van der Waals surface area (Å²) in [7, 11) is 1.95. The van der Waals surface area contributed by atoms with Crippen LogP contribution in [-0.4, -0.2) is 42.8 Å². The molecule has 0 amide bonds. The third-order valence-corrected chi connectivity index (χ3v) is 5.83. The molecule has 0 atom stereocenters. The zero-order chi connectivity index (χ0) is 23.8. The zero-order valence-corrected chi connectivity index (χ0v) is 18.7. The molecule has 3 N–H and O–H groups in total. The third-order valence-electron chi connectivity index (χ3n) is 4.90. The molecule has 0 saturated carbocycles. The number of nitrogens with two attached hydrogens (primary N) is 1. The van der Waals surface area contributed by atoms with Gasteiger partial charge in [0.2, 0.25) is 0 Å². The molecular weight excluding hydrogens is 455 g/mol. The van der Waals surface area contributed by atoms with E-state index in [0.29, 0.717) is 6.29 Å². The second-order valence-electron chi connectivity index (χ2n) is 7.12. The number of benzene rings is 1. The summed E-state index contributed by atoms with van der Waals surface area (Å²) in [5, 5.41) is 3.53. The van der Waals surface area contributed by atoms with Gasteiger partial charge in [-0.1, -0.05) is 23.5 Å². The van der Waals surface area contributed by atoms with Crippen LogP contribution in [0.2, 0.25) is 0 Å². The molecule has 4 rings (SSSR count). The van der Waals surface area contributed by atoms with Crippen molar-refractivity contribution in [1.82, 2.24) is 9.97 Å². The topological polar surface area (TPSA) is 93.4 Å². The van der Waals surface area contributed by atoms with Crippen molar-refractivity contribution >= 4 is 34.0 Å². The fourth-order valence-electron chi connectivity index (χ4n) is 3.39. The van der Waals surface area contributed by atoms with E-state index in [1.807, 2.05) is 19.4 Å². The smallest absolute Gasteiger partial charge is 0.405 e. The van der Waals surface area contributed by atoms with Crippen LogP contribution in [-0.2, 0) is 0 Å². The van der Waals surface area contributed by atoms with Crippen molar-refractivity contribution in [2.45, 2.75) is 25.6 Å². The van der Waals surface area contributed by atoms with Gasteiger partial charge in [-0.3, -0.25) is 9.78 Å². The lowest BCUT2D eigenvalue weighted by atomic mass is 10.1. The van der Waals surface area contributed by atoms with Gasteiger partial charge >= 0.3 is 6.36 Å². The minimum Gasteiger partial charge on any atom is -0.405 e. The van der Waals surface area contributed by atoms with Gasteiger partial charge in [0.25, 0.3) is 0 Å². The summed E-state index contributed by atoms with van der Waals surface area (Å²) in [6, 6.07) is 7.62. The number of halogens is 3.